The Labute approximate surface area is 586 Å². The number of methoxy groups -OCH3 is 3. The fourth-order valence-electron chi connectivity index (χ4n) is 11.3. The molecule has 14 amide bonds. The summed E-state index contributed by atoms with van der Waals surface area (Å²) in [6, 6.07) is 28.3. The van der Waals surface area contributed by atoms with Gasteiger partial charge in [-0.15, -0.1) is 6.42 Å². The number of H-pyrrole nitrogens is 1. The molecule has 0 saturated carbocycles. The van der Waals surface area contributed by atoms with Crippen molar-refractivity contribution < 1.29 is 67.0 Å². The van der Waals surface area contributed by atoms with Crippen molar-refractivity contribution in [1.82, 2.24) is 76.8 Å². The number of aromatic amines is 1. The summed E-state index contributed by atoms with van der Waals surface area (Å²) in [5.41, 5.74) is 3.39. The van der Waals surface area contributed by atoms with Gasteiger partial charge in [-0.25, -0.2) is 24.4 Å². The summed E-state index contributed by atoms with van der Waals surface area (Å²) >= 11 is 3.36. The fourth-order valence-corrected chi connectivity index (χ4v) is 11.5. The van der Waals surface area contributed by atoms with Crippen molar-refractivity contribution in [3.8, 4) is 59.0 Å². The van der Waals surface area contributed by atoms with Crippen LogP contribution in [0.1, 0.15) is 84.1 Å². The Morgan fingerprint density at radius 1 is 0.564 bits per heavy atom. The van der Waals surface area contributed by atoms with E-state index in [4.69, 9.17) is 20.6 Å². The molecule has 0 aliphatic carbocycles. The van der Waals surface area contributed by atoms with E-state index in [0.717, 1.165) is 44.7 Å². The van der Waals surface area contributed by atoms with E-state index in [1.54, 1.807) is 85.6 Å². The number of fused-ring (bicyclic) bond motifs is 3. The third kappa shape index (κ3) is 16.6. The second-order valence-corrected chi connectivity index (χ2v) is 24.4. The molecular weight excluding hydrogens is 1370 g/mol. The zero-order chi connectivity index (χ0) is 72.2. The molecule has 2 aromatic heterocycles. The van der Waals surface area contributed by atoms with Crippen LogP contribution >= 0.6 is 15.9 Å². The molecule has 30 heteroatoms. The van der Waals surface area contributed by atoms with Crippen molar-refractivity contribution in [2.75, 3.05) is 54.1 Å². The summed E-state index contributed by atoms with van der Waals surface area (Å²) in [7, 11) is 4.58. The van der Waals surface area contributed by atoms with Crippen molar-refractivity contribution in [1.29, 1.82) is 0 Å². The fraction of sp³-hybridized carbons (Fsp3) is 0.254. The molecule has 0 unspecified atom stereocenters. The van der Waals surface area contributed by atoms with Gasteiger partial charge in [0.1, 0.15) is 17.2 Å². The number of imide groups is 3. The molecule has 6 aliphatic rings. The van der Waals surface area contributed by atoms with Gasteiger partial charge in [-0.2, -0.15) is 0 Å². The maximum Gasteiger partial charge on any atom is 0.323 e. The van der Waals surface area contributed by atoms with Crippen molar-refractivity contribution in [3.05, 3.63) is 189 Å². The molecule has 3 atom stereocenters. The van der Waals surface area contributed by atoms with Crippen molar-refractivity contribution in [2.45, 2.75) is 62.9 Å². The number of carbonyl (C=O) groups is 11. The quantitative estimate of drug-likeness (QED) is 0.0496. The first-order valence-electron chi connectivity index (χ1n) is 31.1. The molecule has 6 aliphatic heterocycles. The topological polar surface area (TPSA) is 368 Å². The first-order valence-corrected chi connectivity index (χ1v) is 31.9. The number of hydrogen-bond donors (Lipinski definition) is 9. The van der Waals surface area contributed by atoms with Gasteiger partial charge in [0, 0.05) is 115 Å². The van der Waals surface area contributed by atoms with Gasteiger partial charge in [0.15, 0.2) is 5.54 Å². The Hall–Kier alpha value is -12.8. The Balaban J connectivity index is 0.000000156. The lowest BCUT2D eigenvalue weighted by Crippen LogP contribution is -2.54. The summed E-state index contributed by atoms with van der Waals surface area (Å²) < 4.78 is 18.3. The first-order chi connectivity index (χ1) is 48.4. The van der Waals surface area contributed by atoms with Gasteiger partial charge >= 0.3 is 18.1 Å². The lowest BCUT2D eigenvalue weighted by Gasteiger charge is -2.26. The minimum atomic E-state index is -1.59. The summed E-state index contributed by atoms with van der Waals surface area (Å²) in [6.45, 7) is 4.83. The predicted octanol–water partition coefficient (Wildman–Crippen LogP) is 3.14. The third-order valence-electron chi connectivity index (χ3n) is 16.5. The molecule has 101 heavy (non-hydrogen) atoms. The van der Waals surface area contributed by atoms with E-state index in [9.17, 15) is 52.7 Å². The summed E-state index contributed by atoms with van der Waals surface area (Å²) in [6.07, 6.45) is 13.8. The average molecular weight is 1430 g/mol. The van der Waals surface area contributed by atoms with E-state index < -0.39 is 52.4 Å². The van der Waals surface area contributed by atoms with Gasteiger partial charge in [0.2, 0.25) is 22.9 Å². The first kappa shape index (κ1) is 71.0. The zero-order valence-electron chi connectivity index (χ0n) is 55.0. The van der Waals surface area contributed by atoms with Crippen LogP contribution in [-0.2, 0) is 56.4 Å². The van der Waals surface area contributed by atoms with Crippen molar-refractivity contribution in [3.63, 3.8) is 0 Å². The van der Waals surface area contributed by atoms with Gasteiger partial charge in [-0.3, -0.25) is 54.3 Å². The van der Waals surface area contributed by atoms with Crippen LogP contribution in [0.5, 0.6) is 17.2 Å². The van der Waals surface area contributed by atoms with Gasteiger partial charge < -0.3 is 65.0 Å². The van der Waals surface area contributed by atoms with Crippen molar-refractivity contribution in [2.24, 2.45) is 0 Å². The Bertz CT molecular complexity index is 4650. The monoisotopic (exact) mass is 1430 g/mol. The summed E-state index contributed by atoms with van der Waals surface area (Å²) in [5.74, 6) is 13.1. The molecule has 0 bridgehead atoms. The SMILES string of the molecule is C#C[C@]1(CN2Cc3ccc(OC)cc3C2=O)NC(=O)NC1=O.CC(=O)NCCc1cnc[nH]1.COc1ccc2c(c1)C(=O)N(C[C@@]1(C#Cc3ccc(-n4cnc(CCNC(C)=O)c4)cc3)NC(=O)NC1=O)C2.COc1ccc2c(c1)C(=O)N(C[C@@]1(C#Cc3ccc(Br)cc3)NC(=O)NC1=O)C2. The smallest absolute Gasteiger partial charge is 0.323 e. The maximum absolute atomic E-state index is 13.1. The van der Waals surface area contributed by atoms with E-state index in [-0.39, 0.29) is 55.7 Å². The molecule has 8 heterocycles. The van der Waals surface area contributed by atoms with Crippen LogP contribution in [0.4, 0.5) is 14.4 Å². The Morgan fingerprint density at radius 3 is 1.35 bits per heavy atom. The number of ether oxygens (including phenoxy) is 3. The number of nitrogens with zero attached hydrogens (tertiary/aromatic N) is 6. The second-order valence-electron chi connectivity index (χ2n) is 23.5. The molecule has 516 valence electrons. The van der Waals surface area contributed by atoms with Gasteiger partial charge in [-0.05, 0) is 102 Å². The number of benzene rings is 5. The molecule has 0 spiro atoms. The number of terminal acetylenes is 1. The van der Waals surface area contributed by atoms with Crippen LogP contribution in [0.15, 0.2) is 133 Å². The lowest BCUT2D eigenvalue weighted by atomic mass is 9.99. The van der Waals surface area contributed by atoms with Crippen LogP contribution in [-0.4, -0.2) is 170 Å². The van der Waals surface area contributed by atoms with E-state index in [1.807, 2.05) is 47.2 Å². The summed E-state index contributed by atoms with van der Waals surface area (Å²) in [5, 5.41) is 19.6. The van der Waals surface area contributed by atoms with Crippen LogP contribution < -0.4 is 56.7 Å². The summed E-state index contributed by atoms with van der Waals surface area (Å²) in [4.78, 5) is 148. The molecule has 3 saturated heterocycles. The number of nitrogens with one attached hydrogen (secondary N) is 9. The van der Waals surface area contributed by atoms with Gasteiger partial charge in [0.05, 0.1) is 59.3 Å². The van der Waals surface area contributed by atoms with Crippen LogP contribution in [0, 0.1) is 36.0 Å². The third-order valence-corrected chi connectivity index (χ3v) is 17.0. The lowest BCUT2D eigenvalue weighted by molar-refractivity contribution is -0.123. The maximum atomic E-state index is 13.1. The van der Waals surface area contributed by atoms with E-state index in [1.165, 1.54) is 49.9 Å². The van der Waals surface area contributed by atoms with E-state index >= 15 is 0 Å². The van der Waals surface area contributed by atoms with Crippen molar-refractivity contribution >= 4 is 81.3 Å². The number of carbonyl (C=O) groups excluding carboxylic acids is 11. The van der Waals surface area contributed by atoms with E-state index in [2.05, 4.69) is 103 Å². The minimum Gasteiger partial charge on any atom is -0.497 e. The standard InChI is InChI=1S/C28H26N6O5.C21H16BrN3O4.C15H13N3O4.C7H11N3O/c1-18(35)29-12-10-21-15-34(17-30-21)22-6-3-19(4-7-22)9-11-28(26(37)31-27(38)32-28)16-33-14-20-5-8-23(39-2)13-24(20)25(33)36;1-29-16-7-4-14-11-25(18(26)17(14)10-16)12-21(19(27)23-20(28)24-21)9-8-13-2-5-15(22)6-3-13;1-3-15(13(20)16-14(21)17-15)8-18-7-9-4-5-10(22-2)6-11(9)12(18)19;1-6(11)9-3-2-7-4-8-5-10-7/h3-8,13,15,17H,10,12,14,16H2,1-2H3,(H,29,35)(H2,31,32,37,38);2-7,10H,11-12H2,1H3,(H2,23,24,27,28);1,4-6H,7-8H2,2H3,(H2,16,17,20,21);4-5H,2-3H2,1H3,(H,8,10)(H,9,11)/t28-;21-;15-;/m111./s1. The molecular formula is C71H66BrN15O14. The molecule has 5 aromatic carbocycles. The Morgan fingerprint density at radius 2 is 0.970 bits per heavy atom. The molecule has 3 fully saturated rings. The molecule has 7 aromatic rings. The Kier molecular flexibility index (Phi) is 21.6. The van der Waals surface area contributed by atoms with E-state index in [0.29, 0.717) is 77.7 Å². The van der Waals surface area contributed by atoms with Gasteiger partial charge in [0.25, 0.3) is 35.4 Å². The minimum absolute atomic E-state index is 0.00418. The highest BCUT2D eigenvalue weighted by Crippen LogP contribution is 2.32. The number of rotatable bonds is 16. The zero-order valence-corrected chi connectivity index (χ0v) is 56.6. The largest absolute Gasteiger partial charge is 0.497 e. The highest BCUT2D eigenvalue weighted by atomic mass is 79.9. The second kappa shape index (κ2) is 30.8. The molecule has 13 rings (SSSR count). The number of hydrogen-bond acceptors (Lipinski definition) is 16. The van der Waals surface area contributed by atoms with Crippen LogP contribution in [0.3, 0.4) is 0 Å². The van der Waals surface area contributed by atoms with Gasteiger partial charge in [-0.1, -0.05) is 63.7 Å². The molecule has 9 N–H and O–H groups in total. The predicted molar refractivity (Wildman–Crippen MR) is 365 cm³/mol. The average Bonchev–Trinajstić information content (AvgIpc) is 1.64. The van der Waals surface area contributed by atoms with Crippen LogP contribution in [0.25, 0.3) is 5.69 Å². The molecule has 0 radical (unpaired) electrons. The number of halogens is 1. The molecule has 29 nitrogen and oxygen atoms in total. The van der Waals surface area contributed by atoms with Crippen LogP contribution in [0.2, 0.25) is 0 Å². The highest BCUT2D eigenvalue weighted by molar-refractivity contribution is 9.10. The number of imidazole rings is 2. The normalized spacial score (nSPS) is 18.6. The number of amides is 14. The highest BCUT2D eigenvalue weighted by Gasteiger charge is 2.51. The number of urea groups is 3. The number of aromatic nitrogens is 4.